The highest BCUT2D eigenvalue weighted by atomic mass is 32.1. The van der Waals surface area contributed by atoms with E-state index in [0.29, 0.717) is 5.92 Å². The lowest BCUT2D eigenvalue weighted by molar-refractivity contribution is -0.0122. The molecule has 4 atom stereocenters. The predicted molar refractivity (Wildman–Crippen MR) is 269 cm³/mol. The molecule has 4 unspecified atom stereocenters. The minimum absolute atomic E-state index is 0.0592. The maximum absolute atomic E-state index is 2.72. The molecular weight excluding hydrogens is 789 g/mol. The zero-order chi connectivity index (χ0) is 41.9. The summed E-state index contributed by atoms with van der Waals surface area (Å²) >= 11 is 3.95. The Kier molecular flexibility index (Phi) is 7.32. The molecule has 0 amide bonds. The normalized spacial score (nSPS) is 24.1. The monoisotopic (exact) mass is 836 g/mol. The van der Waals surface area contributed by atoms with Crippen molar-refractivity contribution in [1.82, 2.24) is 0 Å². The maximum atomic E-state index is 2.72. The second-order valence-corrected chi connectivity index (χ2v) is 21.7. The average molecular weight is 837 g/mol. The Bertz CT molecular complexity index is 3470. The molecule has 0 spiro atoms. The average Bonchev–Trinajstić information content (AvgIpc) is 3.84. The van der Waals surface area contributed by atoms with Gasteiger partial charge in [0.15, 0.2) is 0 Å². The van der Waals surface area contributed by atoms with Gasteiger partial charge in [0.25, 0.3) is 0 Å². The van der Waals surface area contributed by atoms with E-state index in [-0.39, 0.29) is 27.7 Å². The number of rotatable bonds is 2. The van der Waals surface area contributed by atoms with E-state index in [1.807, 2.05) is 22.7 Å². The Morgan fingerprint density at radius 1 is 0.516 bits per heavy atom. The minimum Gasteiger partial charge on any atom is -0.332 e. The number of hydrogen-bond acceptors (Lipinski definition) is 4. The fourth-order valence-corrected chi connectivity index (χ4v) is 15.3. The molecule has 2 aliphatic heterocycles. The molecule has 0 bridgehead atoms. The van der Waals surface area contributed by atoms with E-state index >= 15 is 0 Å². The first kappa shape index (κ1) is 36.7. The van der Waals surface area contributed by atoms with Crippen LogP contribution in [0.2, 0.25) is 0 Å². The van der Waals surface area contributed by atoms with E-state index < -0.39 is 0 Å². The SMILES string of the molecule is CC1(C)c2ccc3c(sc4cc5c(cc43)sc3c4c(ccc35)C(C)(C)C3(C)C(C=CC5C=CC=CC53C)N4c3ccccc3)c2N(c2ccccc2)c2ccc3ccccc3c21. The summed E-state index contributed by atoms with van der Waals surface area (Å²) in [5.41, 5.74) is 10.1. The van der Waals surface area contributed by atoms with Crippen LogP contribution in [-0.2, 0) is 10.8 Å². The van der Waals surface area contributed by atoms with Crippen molar-refractivity contribution in [2.24, 2.45) is 16.7 Å². The summed E-state index contributed by atoms with van der Waals surface area (Å²) in [7, 11) is 0. The maximum Gasteiger partial charge on any atom is 0.0681 e. The topological polar surface area (TPSA) is 6.48 Å². The largest absolute Gasteiger partial charge is 0.332 e. The first-order valence-corrected chi connectivity index (χ1v) is 23.8. The highest BCUT2D eigenvalue weighted by Crippen LogP contribution is 2.69. The van der Waals surface area contributed by atoms with Crippen LogP contribution in [0.25, 0.3) is 51.1 Å². The smallest absolute Gasteiger partial charge is 0.0681 e. The van der Waals surface area contributed by atoms with Gasteiger partial charge in [-0.3, -0.25) is 0 Å². The molecule has 0 N–H and O–H groups in total. The molecule has 0 fully saturated rings. The van der Waals surface area contributed by atoms with Crippen LogP contribution in [0, 0.1) is 16.7 Å². The molecule has 4 aliphatic rings. The second-order valence-electron chi connectivity index (χ2n) is 19.6. The van der Waals surface area contributed by atoms with Gasteiger partial charge in [-0.15, -0.1) is 22.7 Å². The minimum atomic E-state index is -0.207. The van der Waals surface area contributed by atoms with Gasteiger partial charge in [0.05, 0.1) is 32.5 Å². The summed E-state index contributed by atoms with van der Waals surface area (Å²) in [6.45, 7) is 15.0. The summed E-state index contributed by atoms with van der Waals surface area (Å²) in [5.74, 6) is 0.356. The van der Waals surface area contributed by atoms with Crippen molar-refractivity contribution in [3.63, 3.8) is 0 Å². The van der Waals surface area contributed by atoms with Crippen LogP contribution in [-0.4, -0.2) is 6.04 Å². The van der Waals surface area contributed by atoms with Crippen molar-refractivity contribution in [1.29, 1.82) is 0 Å². The number of hydrogen-bond donors (Lipinski definition) is 0. The van der Waals surface area contributed by atoms with Gasteiger partial charge < -0.3 is 9.80 Å². The van der Waals surface area contributed by atoms with Crippen LogP contribution in [0.3, 0.4) is 0 Å². The van der Waals surface area contributed by atoms with Crippen molar-refractivity contribution in [3.8, 4) is 0 Å². The van der Waals surface area contributed by atoms with Crippen molar-refractivity contribution in [3.05, 3.63) is 187 Å². The van der Waals surface area contributed by atoms with E-state index in [1.54, 1.807) is 0 Å². The fourth-order valence-electron chi connectivity index (χ4n) is 12.8. The lowest BCUT2D eigenvalue weighted by Crippen LogP contribution is -2.66. The molecule has 13 rings (SSSR count). The number of fused-ring (bicyclic) bond motifs is 16. The Morgan fingerprint density at radius 2 is 1.15 bits per heavy atom. The highest BCUT2D eigenvalue weighted by molar-refractivity contribution is 7.28. The van der Waals surface area contributed by atoms with Crippen molar-refractivity contribution in [2.45, 2.75) is 58.4 Å². The van der Waals surface area contributed by atoms with E-state index in [2.05, 4.69) is 221 Å². The van der Waals surface area contributed by atoms with Crippen molar-refractivity contribution in [2.75, 3.05) is 9.80 Å². The number of anilines is 5. The van der Waals surface area contributed by atoms with E-state index in [1.165, 1.54) is 96.2 Å². The van der Waals surface area contributed by atoms with Gasteiger partial charge in [0.1, 0.15) is 0 Å². The number of thiophene rings is 2. The van der Waals surface area contributed by atoms with Gasteiger partial charge in [0, 0.05) is 69.9 Å². The fraction of sp³-hybridized carbons (Fsp3) is 0.207. The molecule has 4 heteroatoms. The zero-order valence-corrected chi connectivity index (χ0v) is 37.7. The third kappa shape index (κ3) is 4.44. The molecule has 0 radical (unpaired) electrons. The standard InChI is InChI=1S/C58H48N2S2/c1-55(2)44-28-26-40-42-33-48-43(34-47(42)61-53(40)51(44)59(37-19-9-7-10-20-37)46-30-24-35-17-13-14-23-39(35)50(46)55)41-27-29-45-52(54(41)62-48)60(38-21-11-8-12-22-38)49-31-25-36-18-15-16-32-57(36,5)58(49,6)56(45,3)4/h7-34,36,49H,1-6H3. The van der Waals surface area contributed by atoms with E-state index in [0.717, 1.165) is 0 Å². The lowest BCUT2D eigenvalue weighted by Gasteiger charge is -2.67. The van der Waals surface area contributed by atoms with Crippen LogP contribution in [0.15, 0.2) is 170 Å². The van der Waals surface area contributed by atoms with Gasteiger partial charge >= 0.3 is 0 Å². The van der Waals surface area contributed by atoms with Gasteiger partial charge in [0.2, 0.25) is 0 Å². The summed E-state index contributed by atoms with van der Waals surface area (Å²) < 4.78 is 5.43. The summed E-state index contributed by atoms with van der Waals surface area (Å²) in [4.78, 5) is 5.27. The molecule has 62 heavy (non-hydrogen) atoms. The Morgan fingerprint density at radius 3 is 1.85 bits per heavy atom. The summed E-state index contributed by atoms with van der Waals surface area (Å²) in [5, 5.41) is 7.99. The third-order valence-corrected chi connectivity index (χ3v) is 18.7. The Labute approximate surface area is 371 Å². The number of para-hydroxylation sites is 2. The predicted octanol–water partition coefficient (Wildman–Crippen LogP) is 16.8. The molecule has 0 saturated carbocycles. The van der Waals surface area contributed by atoms with E-state index in [9.17, 15) is 0 Å². The van der Waals surface area contributed by atoms with Gasteiger partial charge in [-0.05, 0) is 69.9 Å². The molecule has 2 aliphatic carbocycles. The Balaban J connectivity index is 1.05. The molecule has 2 aromatic heterocycles. The first-order chi connectivity index (χ1) is 30.0. The zero-order valence-electron chi connectivity index (χ0n) is 36.0. The van der Waals surface area contributed by atoms with Crippen LogP contribution in [0.5, 0.6) is 0 Å². The van der Waals surface area contributed by atoms with Gasteiger partial charge in [-0.1, -0.05) is 169 Å². The van der Waals surface area contributed by atoms with Crippen LogP contribution >= 0.6 is 22.7 Å². The van der Waals surface area contributed by atoms with Gasteiger partial charge in [-0.2, -0.15) is 0 Å². The van der Waals surface area contributed by atoms with E-state index in [4.69, 9.17) is 0 Å². The van der Waals surface area contributed by atoms with Crippen LogP contribution < -0.4 is 9.80 Å². The second kappa shape index (κ2) is 12.4. The molecule has 2 nitrogen and oxygen atoms in total. The molecule has 7 aromatic carbocycles. The van der Waals surface area contributed by atoms with Crippen LogP contribution in [0.1, 0.15) is 58.2 Å². The molecule has 9 aromatic rings. The Hall–Kier alpha value is -5.94. The number of benzene rings is 7. The quantitative estimate of drug-likeness (QED) is 0.160. The first-order valence-electron chi connectivity index (χ1n) is 22.2. The van der Waals surface area contributed by atoms with Crippen LogP contribution in [0.4, 0.5) is 28.4 Å². The summed E-state index contributed by atoms with van der Waals surface area (Å²) in [6.07, 6.45) is 14.5. The van der Waals surface area contributed by atoms with Crippen molar-refractivity contribution < 1.29 is 0 Å². The molecule has 0 saturated heterocycles. The third-order valence-electron chi connectivity index (χ3n) is 16.3. The number of allylic oxidation sites excluding steroid dienone is 5. The highest BCUT2D eigenvalue weighted by Gasteiger charge is 2.65. The molecule has 4 heterocycles. The molecule has 302 valence electrons. The van der Waals surface area contributed by atoms with Gasteiger partial charge in [-0.25, -0.2) is 0 Å². The molecular formula is C58H48N2S2. The summed E-state index contributed by atoms with van der Waals surface area (Å²) in [6, 6.07) is 50.8. The van der Waals surface area contributed by atoms with Crippen molar-refractivity contribution >= 4 is 102 Å². The lowest BCUT2D eigenvalue weighted by atomic mass is 9.41. The number of nitrogens with zero attached hydrogens (tertiary/aromatic N) is 2.